The molecule has 3 rings (SSSR count). The number of benzene rings is 1. The SMILES string of the molecule is CCc1ccc(CSC2CCN(C3CCOCC3)C2=O)cc1. The number of thioether (sulfide) groups is 1. The molecule has 1 unspecified atom stereocenters. The van der Waals surface area contributed by atoms with Gasteiger partial charge in [0.05, 0.1) is 5.25 Å². The van der Waals surface area contributed by atoms with Crippen molar-refractivity contribution >= 4 is 17.7 Å². The van der Waals surface area contributed by atoms with Gasteiger partial charge in [0.15, 0.2) is 0 Å². The largest absolute Gasteiger partial charge is 0.381 e. The second kappa shape index (κ2) is 7.51. The van der Waals surface area contributed by atoms with Crippen LogP contribution in [0.5, 0.6) is 0 Å². The van der Waals surface area contributed by atoms with Crippen molar-refractivity contribution in [1.82, 2.24) is 4.90 Å². The smallest absolute Gasteiger partial charge is 0.236 e. The number of ether oxygens (including phenoxy) is 1. The summed E-state index contributed by atoms with van der Waals surface area (Å²) in [6.45, 7) is 4.70. The van der Waals surface area contributed by atoms with E-state index in [2.05, 4.69) is 36.1 Å². The van der Waals surface area contributed by atoms with E-state index < -0.39 is 0 Å². The van der Waals surface area contributed by atoms with Gasteiger partial charge in [0.25, 0.3) is 0 Å². The molecule has 2 aliphatic heterocycles. The summed E-state index contributed by atoms with van der Waals surface area (Å²) in [5.41, 5.74) is 2.69. The Bertz CT molecular complexity index is 496. The minimum atomic E-state index is 0.147. The Labute approximate surface area is 137 Å². The number of amides is 1. The first kappa shape index (κ1) is 15.9. The van der Waals surface area contributed by atoms with Crippen LogP contribution < -0.4 is 0 Å². The third-order valence-electron chi connectivity index (χ3n) is 4.70. The number of carbonyl (C=O) groups excluding carboxylic acids is 1. The van der Waals surface area contributed by atoms with E-state index in [4.69, 9.17) is 4.74 Å². The van der Waals surface area contributed by atoms with Gasteiger partial charge in [0.2, 0.25) is 5.91 Å². The van der Waals surface area contributed by atoms with E-state index in [9.17, 15) is 4.79 Å². The van der Waals surface area contributed by atoms with Crippen LogP contribution >= 0.6 is 11.8 Å². The van der Waals surface area contributed by atoms with E-state index in [1.807, 2.05) is 0 Å². The molecule has 2 saturated heterocycles. The number of carbonyl (C=O) groups is 1. The average Bonchev–Trinajstić information content (AvgIpc) is 2.95. The monoisotopic (exact) mass is 319 g/mol. The van der Waals surface area contributed by atoms with Crippen molar-refractivity contribution in [3.63, 3.8) is 0 Å². The zero-order valence-electron chi connectivity index (χ0n) is 13.3. The maximum Gasteiger partial charge on any atom is 0.236 e. The van der Waals surface area contributed by atoms with Gasteiger partial charge < -0.3 is 9.64 Å². The average molecular weight is 319 g/mol. The fourth-order valence-electron chi connectivity index (χ4n) is 3.26. The van der Waals surface area contributed by atoms with Crippen molar-refractivity contribution in [3.05, 3.63) is 35.4 Å². The lowest BCUT2D eigenvalue weighted by Gasteiger charge is -2.31. The molecule has 2 fully saturated rings. The normalized spacial score (nSPS) is 23.2. The van der Waals surface area contributed by atoms with E-state index in [-0.39, 0.29) is 5.25 Å². The highest BCUT2D eigenvalue weighted by Crippen LogP contribution is 2.30. The number of rotatable bonds is 5. The molecule has 1 atom stereocenters. The molecule has 120 valence electrons. The molecule has 1 aromatic carbocycles. The fraction of sp³-hybridized carbons (Fsp3) is 0.611. The predicted molar refractivity (Wildman–Crippen MR) is 91.1 cm³/mol. The molecule has 2 aliphatic rings. The molecular formula is C18H25NO2S. The Morgan fingerprint density at radius 2 is 1.82 bits per heavy atom. The standard InChI is InChI=1S/C18H25NO2S/c1-2-14-3-5-15(6-4-14)13-22-17-7-10-19(18(17)20)16-8-11-21-12-9-16/h3-6,16-17H,2,7-13H2,1H3. The quantitative estimate of drug-likeness (QED) is 0.834. The van der Waals surface area contributed by atoms with Crippen molar-refractivity contribution in [2.75, 3.05) is 19.8 Å². The minimum absolute atomic E-state index is 0.147. The number of nitrogens with zero attached hydrogens (tertiary/aromatic N) is 1. The predicted octanol–water partition coefficient (Wildman–Crippen LogP) is 3.26. The summed E-state index contributed by atoms with van der Waals surface area (Å²) in [6, 6.07) is 9.19. The zero-order chi connectivity index (χ0) is 15.4. The maximum atomic E-state index is 12.6. The van der Waals surface area contributed by atoms with Crippen molar-refractivity contribution < 1.29 is 9.53 Å². The molecule has 22 heavy (non-hydrogen) atoms. The second-order valence-corrected chi connectivity index (χ2v) is 7.32. The molecule has 0 spiro atoms. The molecule has 1 aromatic rings. The first-order chi connectivity index (χ1) is 10.8. The van der Waals surface area contributed by atoms with Crippen LogP contribution in [0.25, 0.3) is 0 Å². The van der Waals surface area contributed by atoms with Gasteiger partial charge in [-0.05, 0) is 36.8 Å². The Morgan fingerprint density at radius 1 is 1.14 bits per heavy atom. The van der Waals surface area contributed by atoms with Crippen LogP contribution in [0.15, 0.2) is 24.3 Å². The summed E-state index contributed by atoms with van der Waals surface area (Å²) in [7, 11) is 0. The maximum absolute atomic E-state index is 12.6. The van der Waals surface area contributed by atoms with E-state index in [0.29, 0.717) is 11.9 Å². The van der Waals surface area contributed by atoms with Crippen LogP contribution in [0, 0.1) is 0 Å². The highest BCUT2D eigenvalue weighted by Gasteiger charge is 2.36. The van der Waals surface area contributed by atoms with Gasteiger partial charge in [-0.15, -0.1) is 11.8 Å². The van der Waals surface area contributed by atoms with Gasteiger partial charge in [0.1, 0.15) is 0 Å². The Morgan fingerprint density at radius 3 is 2.50 bits per heavy atom. The first-order valence-electron chi connectivity index (χ1n) is 8.35. The Hall–Kier alpha value is -1.00. The molecule has 1 amide bonds. The zero-order valence-corrected chi connectivity index (χ0v) is 14.1. The lowest BCUT2D eigenvalue weighted by molar-refractivity contribution is -0.130. The molecule has 0 aliphatic carbocycles. The number of hydrogen-bond acceptors (Lipinski definition) is 3. The van der Waals surface area contributed by atoms with Crippen molar-refractivity contribution in [3.8, 4) is 0 Å². The van der Waals surface area contributed by atoms with E-state index in [1.165, 1.54) is 11.1 Å². The lowest BCUT2D eigenvalue weighted by Crippen LogP contribution is -2.41. The third kappa shape index (κ3) is 3.66. The summed E-state index contributed by atoms with van der Waals surface area (Å²) in [5, 5.41) is 0.147. The van der Waals surface area contributed by atoms with Crippen molar-refractivity contribution in [2.45, 2.75) is 49.7 Å². The van der Waals surface area contributed by atoms with E-state index in [0.717, 1.165) is 51.2 Å². The van der Waals surface area contributed by atoms with Crippen LogP contribution in [0.1, 0.15) is 37.3 Å². The van der Waals surface area contributed by atoms with Gasteiger partial charge in [-0.1, -0.05) is 31.2 Å². The molecule has 0 radical (unpaired) electrons. The number of aryl methyl sites for hydroxylation is 1. The van der Waals surface area contributed by atoms with Crippen molar-refractivity contribution in [2.24, 2.45) is 0 Å². The molecule has 0 bridgehead atoms. The molecule has 2 heterocycles. The Balaban J connectivity index is 1.51. The molecule has 3 nitrogen and oxygen atoms in total. The summed E-state index contributed by atoms with van der Waals surface area (Å²) < 4.78 is 5.40. The van der Waals surface area contributed by atoms with Crippen LogP contribution in [0.2, 0.25) is 0 Å². The molecule has 0 aromatic heterocycles. The van der Waals surface area contributed by atoms with Gasteiger partial charge >= 0.3 is 0 Å². The van der Waals surface area contributed by atoms with Gasteiger partial charge in [0, 0.05) is 31.6 Å². The summed E-state index contributed by atoms with van der Waals surface area (Å²) >= 11 is 1.80. The number of likely N-dealkylation sites (tertiary alicyclic amines) is 1. The van der Waals surface area contributed by atoms with Gasteiger partial charge in [-0.25, -0.2) is 0 Å². The summed E-state index contributed by atoms with van der Waals surface area (Å²) in [6.07, 6.45) is 4.08. The first-order valence-corrected chi connectivity index (χ1v) is 9.40. The van der Waals surface area contributed by atoms with Crippen LogP contribution in [-0.2, 0) is 21.7 Å². The lowest BCUT2D eigenvalue weighted by atomic mass is 10.1. The van der Waals surface area contributed by atoms with Crippen LogP contribution in [0.3, 0.4) is 0 Å². The summed E-state index contributed by atoms with van der Waals surface area (Å²) in [4.78, 5) is 14.7. The molecule has 0 saturated carbocycles. The van der Waals surface area contributed by atoms with Gasteiger partial charge in [-0.2, -0.15) is 0 Å². The minimum Gasteiger partial charge on any atom is -0.381 e. The van der Waals surface area contributed by atoms with E-state index >= 15 is 0 Å². The van der Waals surface area contributed by atoms with Crippen LogP contribution in [0.4, 0.5) is 0 Å². The van der Waals surface area contributed by atoms with Crippen molar-refractivity contribution in [1.29, 1.82) is 0 Å². The topological polar surface area (TPSA) is 29.5 Å². The van der Waals surface area contributed by atoms with E-state index in [1.54, 1.807) is 11.8 Å². The highest BCUT2D eigenvalue weighted by atomic mass is 32.2. The number of hydrogen-bond donors (Lipinski definition) is 0. The third-order valence-corrected chi connectivity index (χ3v) is 6.04. The molecule has 0 N–H and O–H groups in total. The fourth-order valence-corrected chi connectivity index (χ4v) is 4.39. The molecule has 4 heteroatoms. The Kier molecular flexibility index (Phi) is 5.42. The second-order valence-electron chi connectivity index (χ2n) is 6.13. The molecular weight excluding hydrogens is 294 g/mol. The van der Waals surface area contributed by atoms with Gasteiger partial charge in [-0.3, -0.25) is 4.79 Å². The van der Waals surface area contributed by atoms with Crippen LogP contribution in [-0.4, -0.2) is 41.9 Å². The summed E-state index contributed by atoms with van der Waals surface area (Å²) in [5.74, 6) is 1.28. The highest BCUT2D eigenvalue weighted by molar-refractivity contribution is 7.99.